The minimum absolute atomic E-state index is 0.128. The highest BCUT2D eigenvalue weighted by atomic mass is 35.5. The molecule has 1 atom stereocenters. The molecule has 21 heavy (non-hydrogen) atoms. The van der Waals surface area contributed by atoms with Gasteiger partial charge in [-0.05, 0) is 42.8 Å². The molecule has 0 aliphatic carbocycles. The maximum atomic E-state index is 13.1. The van der Waals surface area contributed by atoms with E-state index >= 15 is 0 Å². The number of rotatable bonds is 3. The van der Waals surface area contributed by atoms with Crippen LogP contribution in [-0.4, -0.2) is 4.98 Å². The average molecular weight is 333 g/mol. The first kappa shape index (κ1) is 16.0. The van der Waals surface area contributed by atoms with Crippen molar-refractivity contribution in [1.29, 1.82) is 0 Å². The van der Waals surface area contributed by atoms with E-state index in [4.69, 9.17) is 17.3 Å². The lowest BCUT2D eigenvalue weighted by molar-refractivity contribution is -0.138. The van der Waals surface area contributed by atoms with E-state index in [0.29, 0.717) is 10.7 Å². The summed E-state index contributed by atoms with van der Waals surface area (Å²) in [5, 5.41) is -0.198. The van der Waals surface area contributed by atoms with Crippen molar-refractivity contribution in [1.82, 2.24) is 4.98 Å². The molecule has 1 aromatic heterocycles. The van der Waals surface area contributed by atoms with Crippen molar-refractivity contribution in [3.05, 3.63) is 52.7 Å². The van der Waals surface area contributed by atoms with E-state index in [-0.39, 0.29) is 10.6 Å². The summed E-state index contributed by atoms with van der Waals surface area (Å²) in [6.07, 6.45) is -2.89. The third-order valence-corrected chi connectivity index (χ3v) is 4.30. The smallest absolute Gasteiger partial charge is 0.383 e. The summed E-state index contributed by atoms with van der Waals surface area (Å²) in [4.78, 5) is 4.56. The highest BCUT2D eigenvalue weighted by molar-refractivity contribution is 7.99. The van der Waals surface area contributed by atoms with Crippen molar-refractivity contribution < 1.29 is 13.2 Å². The van der Waals surface area contributed by atoms with E-state index in [1.54, 1.807) is 19.1 Å². The molecule has 7 heteroatoms. The van der Waals surface area contributed by atoms with Crippen molar-refractivity contribution in [2.75, 3.05) is 5.73 Å². The lowest BCUT2D eigenvalue weighted by Gasteiger charge is -2.18. The number of nitrogens with zero attached hydrogens (tertiary/aromatic N) is 1. The first-order valence-corrected chi connectivity index (χ1v) is 7.28. The van der Waals surface area contributed by atoms with E-state index < -0.39 is 17.0 Å². The Morgan fingerprint density at radius 3 is 2.62 bits per heavy atom. The zero-order chi connectivity index (χ0) is 15.6. The SMILES string of the molecule is CC(Sc1cccnc1N)c1cc(Cl)ccc1C(F)(F)F. The van der Waals surface area contributed by atoms with Gasteiger partial charge in [0, 0.05) is 16.5 Å². The molecule has 0 aliphatic heterocycles. The number of benzene rings is 1. The molecule has 0 saturated heterocycles. The van der Waals surface area contributed by atoms with Gasteiger partial charge in [-0.3, -0.25) is 0 Å². The highest BCUT2D eigenvalue weighted by Gasteiger charge is 2.34. The van der Waals surface area contributed by atoms with E-state index in [2.05, 4.69) is 4.98 Å². The molecule has 0 saturated carbocycles. The van der Waals surface area contributed by atoms with E-state index in [0.717, 1.165) is 6.07 Å². The molecule has 0 amide bonds. The summed E-state index contributed by atoms with van der Waals surface area (Å²) in [5.74, 6) is 0.296. The molecule has 0 radical (unpaired) electrons. The van der Waals surface area contributed by atoms with Gasteiger partial charge in [-0.2, -0.15) is 13.2 Å². The number of nitrogen functional groups attached to an aromatic ring is 1. The lowest BCUT2D eigenvalue weighted by Crippen LogP contribution is -2.10. The zero-order valence-corrected chi connectivity index (χ0v) is 12.6. The number of pyridine rings is 1. The van der Waals surface area contributed by atoms with Crippen LogP contribution in [0.15, 0.2) is 41.4 Å². The Morgan fingerprint density at radius 1 is 1.29 bits per heavy atom. The first-order chi connectivity index (χ1) is 9.79. The van der Waals surface area contributed by atoms with Crippen molar-refractivity contribution in [3.8, 4) is 0 Å². The molecule has 1 aromatic carbocycles. The lowest BCUT2D eigenvalue weighted by atomic mass is 10.0. The summed E-state index contributed by atoms with van der Waals surface area (Å²) >= 11 is 7.05. The van der Waals surface area contributed by atoms with Gasteiger partial charge in [0.15, 0.2) is 0 Å². The number of halogens is 4. The fourth-order valence-electron chi connectivity index (χ4n) is 1.88. The number of hydrogen-bond donors (Lipinski definition) is 1. The Hall–Kier alpha value is -1.40. The molecule has 2 aromatic rings. The van der Waals surface area contributed by atoms with Gasteiger partial charge in [0.05, 0.1) is 10.5 Å². The molecular formula is C14H12ClF3N2S. The largest absolute Gasteiger partial charge is 0.416 e. The highest BCUT2D eigenvalue weighted by Crippen LogP contribution is 2.43. The molecule has 2 rings (SSSR count). The fourth-order valence-corrected chi connectivity index (χ4v) is 3.10. The van der Waals surface area contributed by atoms with Crippen LogP contribution >= 0.6 is 23.4 Å². The Balaban J connectivity index is 2.37. The zero-order valence-electron chi connectivity index (χ0n) is 11.0. The van der Waals surface area contributed by atoms with Gasteiger partial charge in [-0.1, -0.05) is 11.6 Å². The van der Waals surface area contributed by atoms with Gasteiger partial charge >= 0.3 is 6.18 Å². The van der Waals surface area contributed by atoms with Crippen LogP contribution in [0.1, 0.15) is 23.3 Å². The van der Waals surface area contributed by atoms with Crippen LogP contribution < -0.4 is 5.73 Å². The Morgan fingerprint density at radius 2 is 2.00 bits per heavy atom. The molecule has 0 spiro atoms. The number of aromatic nitrogens is 1. The molecule has 0 aliphatic rings. The third kappa shape index (κ3) is 3.83. The predicted molar refractivity (Wildman–Crippen MR) is 79.4 cm³/mol. The van der Waals surface area contributed by atoms with Gasteiger partial charge < -0.3 is 5.73 Å². The van der Waals surface area contributed by atoms with Gasteiger partial charge in [0.25, 0.3) is 0 Å². The standard InChI is InChI=1S/C14H12ClF3N2S/c1-8(21-12-3-2-6-20-13(12)19)10-7-9(15)4-5-11(10)14(16,17)18/h2-8H,1H3,(H2,19,20). The van der Waals surface area contributed by atoms with Crippen molar-refractivity contribution >= 4 is 29.2 Å². The second kappa shape index (κ2) is 6.15. The number of anilines is 1. The number of hydrogen-bond acceptors (Lipinski definition) is 3. The minimum atomic E-state index is -4.42. The van der Waals surface area contributed by atoms with E-state index in [1.807, 2.05) is 0 Å². The summed E-state index contributed by atoms with van der Waals surface area (Å²) < 4.78 is 39.2. The second-order valence-corrected chi connectivity index (χ2v) is 6.20. The quantitative estimate of drug-likeness (QED) is 0.786. The summed E-state index contributed by atoms with van der Waals surface area (Å²) in [6.45, 7) is 1.68. The number of nitrogens with two attached hydrogens (primary N) is 1. The van der Waals surface area contributed by atoms with Crippen LogP contribution in [0, 0.1) is 0 Å². The monoisotopic (exact) mass is 332 g/mol. The molecule has 1 heterocycles. The maximum Gasteiger partial charge on any atom is 0.416 e. The van der Waals surface area contributed by atoms with Gasteiger partial charge in [-0.15, -0.1) is 11.8 Å². The number of alkyl halides is 3. The minimum Gasteiger partial charge on any atom is -0.383 e. The molecule has 112 valence electrons. The van der Waals surface area contributed by atoms with Gasteiger partial charge in [-0.25, -0.2) is 4.98 Å². The third-order valence-electron chi connectivity index (χ3n) is 2.86. The number of thioether (sulfide) groups is 1. The average Bonchev–Trinajstić information content (AvgIpc) is 2.40. The molecule has 1 unspecified atom stereocenters. The van der Waals surface area contributed by atoms with Gasteiger partial charge in [0.1, 0.15) is 5.82 Å². The summed E-state index contributed by atoms with van der Waals surface area (Å²) in [7, 11) is 0. The maximum absolute atomic E-state index is 13.1. The Labute approximate surface area is 129 Å². The van der Waals surface area contributed by atoms with E-state index in [9.17, 15) is 13.2 Å². The Bertz CT molecular complexity index is 646. The van der Waals surface area contributed by atoms with Crippen LogP contribution in [-0.2, 0) is 6.18 Å². The van der Waals surface area contributed by atoms with Crippen LogP contribution in [0.2, 0.25) is 5.02 Å². The summed E-state index contributed by atoms with van der Waals surface area (Å²) in [6, 6.07) is 7.00. The van der Waals surface area contributed by atoms with Gasteiger partial charge in [0.2, 0.25) is 0 Å². The summed E-state index contributed by atoms with van der Waals surface area (Å²) in [5.41, 5.74) is 5.16. The molecule has 0 bridgehead atoms. The molecule has 0 fully saturated rings. The normalized spacial score (nSPS) is 13.2. The predicted octanol–water partition coefficient (Wildman–Crippen LogP) is 5.19. The van der Waals surface area contributed by atoms with Crippen molar-refractivity contribution in [2.24, 2.45) is 0 Å². The topological polar surface area (TPSA) is 38.9 Å². The van der Waals surface area contributed by atoms with Crippen molar-refractivity contribution in [3.63, 3.8) is 0 Å². The fraction of sp³-hybridized carbons (Fsp3) is 0.214. The molecule has 2 N–H and O–H groups in total. The first-order valence-electron chi connectivity index (χ1n) is 6.03. The Kier molecular flexibility index (Phi) is 4.68. The molecular weight excluding hydrogens is 321 g/mol. The van der Waals surface area contributed by atoms with Crippen LogP contribution in [0.5, 0.6) is 0 Å². The second-order valence-electron chi connectivity index (χ2n) is 4.38. The van der Waals surface area contributed by atoms with Crippen LogP contribution in [0.25, 0.3) is 0 Å². The van der Waals surface area contributed by atoms with Crippen molar-refractivity contribution in [2.45, 2.75) is 23.2 Å². The van der Waals surface area contributed by atoms with Crippen LogP contribution in [0.4, 0.5) is 19.0 Å². The van der Waals surface area contributed by atoms with E-state index in [1.165, 1.54) is 30.1 Å². The molecule has 2 nitrogen and oxygen atoms in total. The van der Waals surface area contributed by atoms with Crippen LogP contribution in [0.3, 0.4) is 0 Å².